The second-order valence-electron chi connectivity index (χ2n) is 5.20. The van der Waals surface area contributed by atoms with Crippen LogP contribution in [0.4, 0.5) is 5.82 Å². The number of thiol groups is 1. The van der Waals surface area contributed by atoms with E-state index in [1.165, 1.54) is 0 Å². The molecule has 0 radical (unpaired) electrons. The summed E-state index contributed by atoms with van der Waals surface area (Å²) in [5.74, 6) is 2.62. The molecule has 0 saturated heterocycles. The van der Waals surface area contributed by atoms with Gasteiger partial charge in [-0.15, -0.1) is 0 Å². The molecule has 0 aliphatic rings. The van der Waals surface area contributed by atoms with Crippen LogP contribution in [-0.2, 0) is 6.54 Å². The highest BCUT2D eigenvalue weighted by molar-refractivity contribution is 7.80. The Kier molecular flexibility index (Phi) is 5.82. The smallest absolute Gasteiger partial charge is 0.145 e. The zero-order chi connectivity index (χ0) is 15.2. The van der Waals surface area contributed by atoms with E-state index in [9.17, 15) is 0 Å². The predicted octanol–water partition coefficient (Wildman–Crippen LogP) is 3.20. The standard InChI is InChI=1S/C16H24N4S/c1-4-12(11-21)20(3)10-15-18-14-9-7-6-8-13(14)16(19-15)17-5-2/h6-9,12,21H,4-5,10-11H2,1-3H3,(H,17,18,19). The number of fused-ring (bicyclic) bond motifs is 1. The normalized spacial score (nSPS) is 12.8. The third kappa shape index (κ3) is 3.86. The van der Waals surface area contributed by atoms with Gasteiger partial charge in [0.1, 0.15) is 11.6 Å². The largest absolute Gasteiger partial charge is 0.370 e. The summed E-state index contributed by atoms with van der Waals surface area (Å²) in [4.78, 5) is 11.7. The Hall–Kier alpha value is -1.33. The van der Waals surface area contributed by atoms with E-state index in [-0.39, 0.29) is 0 Å². The molecule has 0 aliphatic heterocycles. The number of aromatic nitrogens is 2. The van der Waals surface area contributed by atoms with Crippen LogP contribution in [-0.4, -0.2) is 40.3 Å². The summed E-state index contributed by atoms with van der Waals surface area (Å²) in [7, 11) is 2.11. The number of anilines is 1. The highest BCUT2D eigenvalue weighted by Crippen LogP contribution is 2.20. The van der Waals surface area contributed by atoms with E-state index >= 15 is 0 Å². The number of para-hydroxylation sites is 1. The van der Waals surface area contributed by atoms with Crippen LogP contribution >= 0.6 is 12.6 Å². The van der Waals surface area contributed by atoms with Crippen molar-refractivity contribution in [3.63, 3.8) is 0 Å². The number of nitrogens with zero attached hydrogens (tertiary/aromatic N) is 3. The average Bonchev–Trinajstić information content (AvgIpc) is 2.49. The van der Waals surface area contributed by atoms with Crippen LogP contribution in [0, 0.1) is 0 Å². The number of rotatable bonds is 7. The Labute approximate surface area is 132 Å². The van der Waals surface area contributed by atoms with Gasteiger partial charge in [0.15, 0.2) is 0 Å². The second-order valence-corrected chi connectivity index (χ2v) is 5.56. The Bertz CT molecular complexity index is 583. The lowest BCUT2D eigenvalue weighted by Crippen LogP contribution is -2.32. The van der Waals surface area contributed by atoms with Crippen molar-refractivity contribution in [2.75, 3.05) is 24.7 Å². The lowest BCUT2D eigenvalue weighted by Gasteiger charge is -2.25. The van der Waals surface area contributed by atoms with Gasteiger partial charge in [0.2, 0.25) is 0 Å². The minimum atomic E-state index is 0.450. The van der Waals surface area contributed by atoms with E-state index in [1.807, 2.05) is 18.2 Å². The SMILES string of the molecule is CCNc1nc(CN(C)C(CC)CS)nc2ccccc12. The van der Waals surface area contributed by atoms with Crippen LogP contribution in [0.25, 0.3) is 10.9 Å². The fourth-order valence-electron chi connectivity index (χ4n) is 2.43. The molecule has 1 N–H and O–H groups in total. The first kappa shape index (κ1) is 16.0. The van der Waals surface area contributed by atoms with Crippen molar-refractivity contribution >= 4 is 29.3 Å². The summed E-state index contributed by atoms with van der Waals surface area (Å²) in [6.45, 7) is 5.85. The Morgan fingerprint density at radius 2 is 2.00 bits per heavy atom. The summed E-state index contributed by atoms with van der Waals surface area (Å²) in [5.41, 5.74) is 0.991. The van der Waals surface area contributed by atoms with E-state index in [4.69, 9.17) is 9.97 Å². The van der Waals surface area contributed by atoms with Crippen LogP contribution in [0.5, 0.6) is 0 Å². The fourth-order valence-corrected chi connectivity index (χ4v) is 2.97. The van der Waals surface area contributed by atoms with Crippen molar-refractivity contribution in [2.45, 2.75) is 32.9 Å². The highest BCUT2D eigenvalue weighted by atomic mass is 32.1. The third-order valence-corrected chi connectivity index (χ3v) is 4.11. The van der Waals surface area contributed by atoms with E-state index in [0.717, 1.165) is 47.8 Å². The van der Waals surface area contributed by atoms with Crippen molar-refractivity contribution in [1.29, 1.82) is 0 Å². The lowest BCUT2D eigenvalue weighted by atomic mass is 10.2. The molecule has 1 atom stereocenters. The molecule has 0 fully saturated rings. The monoisotopic (exact) mass is 304 g/mol. The minimum Gasteiger partial charge on any atom is -0.370 e. The second kappa shape index (κ2) is 7.61. The highest BCUT2D eigenvalue weighted by Gasteiger charge is 2.14. The minimum absolute atomic E-state index is 0.450. The van der Waals surface area contributed by atoms with Gasteiger partial charge in [0.05, 0.1) is 12.1 Å². The van der Waals surface area contributed by atoms with E-state index < -0.39 is 0 Å². The molecular formula is C16H24N4S. The lowest BCUT2D eigenvalue weighted by molar-refractivity contribution is 0.242. The first-order valence-electron chi connectivity index (χ1n) is 7.50. The first-order valence-corrected chi connectivity index (χ1v) is 8.13. The molecule has 114 valence electrons. The molecule has 0 amide bonds. The number of benzene rings is 1. The van der Waals surface area contributed by atoms with E-state index in [0.29, 0.717) is 6.04 Å². The maximum Gasteiger partial charge on any atom is 0.145 e. The number of hydrogen-bond acceptors (Lipinski definition) is 5. The van der Waals surface area contributed by atoms with Crippen LogP contribution in [0.2, 0.25) is 0 Å². The zero-order valence-corrected chi connectivity index (χ0v) is 13.9. The molecule has 2 aromatic rings. The van der Waals surface area contributed by atoms with E-state index in [1.54, 1.807) is 0 Å². The molecule has 1 heterocycles. The van der Waals surface area contributed by atoms with Crippen LogP contribution in [0.1, 0.15) is 26.1 Å². The molecule has 21 heavy (non-hydrogen) atoms. The average molecular weight is 304 g/mol. The number of nitrogens with one attached hydrogen (secondary N) is 1. The van der Waals surface area contributed by atoms with Crippen LogP contribution < -0.4 is 5.32 Å². The molecule has 5 heteroatoms. The van der Waals surface area contributed by atoms with Gasteiger partial charge in [0.25, 0.3) is 0 Å². The van der Waals surface area contributed by atoms with Gasteiger partial charge in [-0.2, -0.15) is 12.6 Å². The molecule has 1 aromatic carbocycles. The molecule has 0 aliphatic carbocycles. The van der Waals surface area contributed by atoms with Crippen LogP contribution in [0.3, 0.4) is 0 Å². The summed E-state index contributed by atoms with van der Waals surface area (Å²) in [5, 5.41) is 4.41. The van der Waals surface area contributed by atoms with Gasteiger partial charge in [-0.1, -0.05) is 19.1 Å². The van der Waals surface area contributed by atoms with Crippen LogP contribution in [0.15, 0.2) is 24.3 Å². The maximum absolute atomic E-state index is 4.69. The molecule has 0 bridgehead atoms. The van der Waals surface area contributed by atoms with Gasteiger partial charge in [-0.3, -0.25) is 4.90 Å². The number of hydrogen-bond donors (Lipinski definition) is 2. The topological polar surface area (TPSA) is 41.1 Å². The summed E-state index contributed by atoms with van der Waals surface area (Å²) in [6, 6.07) is 8.58. The Morgan fingerprint density at radius 1 is 1.24 bits per heavy atom. The summed E-state index contributed by atoms with van der Waals surface area (Å²) in [6.07, 6.45) is 1.08. The first-order chi connectivity index (χ1) is 10.2. The zero-order valence-electron chi connectivity index (χ0n) is 13.0. The maximum atomic E-state index is 4.69. The van der Waals surface area contributed by atoms with E-state index in [2.05, 4.69) is 49.8 Å². The van der Waals surface area contributed by atoms with Gasteiger partial charge in [-0.05, 0) is 32.5 Å². The fraction of sp³-hybridized carbons (Fsp3) is 0.500. The van der Waals surface area contributed by atoms with Gasteiger partial charge in [-0.25, -0.2) is 9.97 Å². The van der Waals surface area contributed by atoms with Crippen molar-refractivity contribution in [3.05, 3.63) is 30.1 Å². The van der Waals surface area contributed by atoms with Gasteiger partial charge < -0.3 is 5.32 Å². The third-order valence-electron chi connectivity index (χ3n) is 3.69. The van der Waals surface area contributed by atoms with Gasteiger partial charge >= 0.3 is 0 Å². The molecule has 1 unspecified atom stereocenters. The van der Waals surface area contributed by atoms with Crippen molar-refractivity contribution in [1.82, 2.24) is 14.9 Å². The molecule has 1 aromatic heterocycles. The molecule has 0 spiro atoms. The van der Waals surface area contributed by atoms with Gasteiger partial charge in [0, 0.05) is 23.7 Å². The van der Waals surface area contributed by atoms with Crippen molar-refractivity contribution < 1.29 is 0 Å². The van der Waals surface area contributed by atoms with Crippen molar-refractivity contribution in [3.8, 4) is 0 Å². The molecule has 0 saturated carbocycles. The quantitative estimate of drug-likeness (QED) is 0.771. The molecular weight excluding hydrogens is 280 g/mol. The predicted molar refractivity (Wildman–Crippen MR) is 93.1 cm³/mol. The summed E-state index contributed by atoms with van der Waals surface area (Å²) >= 11 is 4.42. The molecule has 2 rings (SSSR count). The Balaban J connectivity index is 2.31. The Morgan fingerprint density at radius 3 is 2.67 bits per heavy atom. The summed E-state index contributed by atoms with van der Waals surface area (Å²) < 4.78 is 0. The molecule has 4 nitrogen and oxygen atoms in total. The van der Waals surface area contributed by atoms with Crippen molar-refractivity contribution in [2.24, 2.45) is 0 Å².